The van der Waals surface area contributed by atoms with Crippen molar-refractivity contribution >= 4 is 11.7 Å². The van der Waals surface area contributed by atoms with Gasteiger partial charge in [0, 0.05) is 5.56 Å². The molecule has 0 bridgehead atoms. The van der Waals surface area contributed by atoms with Gasteiger partial charge < -0.3 is 10.1 Å². The molecule has 18 heavy (non-hydrogen) atoms. The highest BCUT2D eigenvalue weighted by Crippen LogP contribution is 2.20. The summed E-state index contributed by atoms with van der Waals surface area (Å²) in [4.78, 5) is 16.0. The van der Waals surface area contributed by atoms with Crippen molar-refractivity contribution in [1.82, 2.24) is 5.32 Å². The summed E-state index contributed by atoms with van der Waals surface area (Å²) in [5.41, 5.74) is 0.653. The van der Waals surface area contributed by atoms with Crippen LogP contribution in [0, 0.1) is 5.82 Å². The maximum atomic E-state index is 13.3. The predicted molar refractivity (Wildman–Crippen MR) is 66.3 cm³/mol. The molecule has 0 radical (unpaired) electrons. The van der Waals surface area contributed by atoms with Crippen LogP contribution in [-0.4, -0.2) is 24.9 Å². The van der Waals surface area contributed by atoms with Crippen LogP contribution < -0.4 is 10.1 Å². The molecule has 0 saturated carbocycles. The van der Waals surface area contributed by atoms with E-state index in [1.165, 1.54) is 19.2 Å². The molecule has 1 unspecified atom stereocenters. The molecule has 0 aromatic heterocycles. The molecular weight excluding hydrogens is 235 g/mol. The average Bonchev–Trinajstić information content (AvgIpc) is 2.72. The third-order valence-electron chi connectivity index (χ3n) is 2.82. The number of amidine groups is 1. The molecule has 0 aliphatic carbocycles. The molecule has 1 aromatic carbocycles. The minimum atomic E-state index is -0.434. The van der Waals surface area contributed by atoms with Gasteiger partial charge in [-0.05, 0) is 24.6 Å². The standard InChI is InChI=1S/C13H15FN2O2/c1-3-4-10-13(17)16-12(15-10)8-5-6-9(14)11(7-8)18-2/h5-7,10H,3-4H2,1-2H3,(H,15,16,17). The maximum Gasteiger partial charge on any atom is 0.250 e. The van der Waals surface area contributed by atoms with Crippen molar-refractivity contribution < 1.29 is 13.9 Å². The fourth-order valence-corrected chi connectivity index (χ4v) is 1.87. The van der Waals surface area contributed by atoms with Crippen LogP contribution >= 0.6 is 0 Å². The van der Waals surface area contributed by atoms with Gasteiger partial charge in [-0.3, -0.25) is 9.79 Å². The summed E-state index contributed by atoms with van der Waals surface area (Å²) in [6.07, 6.45) is 1.61. The smallest absolute Gasteiger partial charge is 0.250 e. The van der Waals surface area contributed by atoms with E-state index in [-0.39, 0.29) is 17.7 Å². The van der Waals surface area contributed by atoms with Crippen molar-refractivity contribution in [2.24, 2.45) is 4.99 Å². The first kappa shape index (κ1) is 12.5. The van der Waals surface area contributed by atoms with Gasteiger partial charge >= 0.3 is 0 Å². The molecule has 0 fully saturated rings. The lowest BCUT2D eigenvalue weighted by Crippen LogP contribution is -2.29. The summed E-state index contributed by atoms with van der Waals surface area (Å²) in [5.74, 6) is 0.0894. The van der Waals surface area contributed by atoms with E-state index >= 15 is 0 Å². The quantitative estimate of drug-likeness (QED) is 0.887. The lowest BCUT2D eigenvalue weighted by atomic mass is 10.2. The number of rotatable bonds is 4. The van der Waals surface area contributed by atoms with Gasteiger partial charge in [0.15, 0.2) is 11.6 Å². The van der Waals surface area contributed by atoms with Crippen LogP contribution in [-0.2, 0) is 4.79 Å². The molecule has 2 rings (SSSR count). The minimum Gasteiger partial charge on any atom is -0.494 e. The first-order chi connectivity index (χ1) is 8.65. The SMILES string of the molecule is CCCC1N=C(c2ccc(F)c(OC)c2)NC1=O. The highest BCUT2D eigenvalue weighted by Gasteiger charge is 2.26. The van der Waals surface area contributed by atoms with E-state index in [0.29, 0.717) is 17.8 Å². The van der Waals surface area contributed by atoms with Gasteiger partial charge in [0.05, 0.1) is 7.11 Å². The third kappa shape index (κ3) is 2.34. The number of hydrogen-bond donors (Lipinski definition) is 1. The molecule has 1 heterocycles. The van der Waals surface area contributed by atoms with E-state index in [0.717, 1.165) is 6.42 Å². The normalized spacial score (nSPS) is 18.5. The van der Waals surface area contributed by atoms with E-state index in [1.54, 1.807) is 6.07 Å². The summed E-state index contributed by atoms with van der Waals surface area (Å²) in [7, 11) is 1.40. The van der Waals surface area contributed by atoms with E-state index < -0.39 is 5.82 Å². The van der Waals surface area contributed by atoms with Crippen LogP contribution in [0.4, 0.5) is 4.39 Å². The highest BCUT2D eigenvalue weighted by molar-refractivity contribution is 6.13. The molecule has 0 saturated heterocycles. The molecule has 1 aliphatic heterocycles. The molecule has 1 aromatic rings. The number of nitrogens with zero attached hydrogens (tertiary/aromatic N) is 1. The summed E-state index contributed by atoms with van der Waals surface area (Å²) in [6, 6.07) is 4.07. The van der Waals surface area contributed by atoms with Gasteiger partial charge in [-0.2, -0.15) is 0 Å². The van der Waals surface area contributed by atoms with Crippen LogP contribution in [0.3, 0.4) is 0 Å². The van der Waals surface area contributed by atoms with Gasteiger partial charge in [0.1, 0.15) is 11.9 Å². The van der Waals surface area contributed by atoms with Crippen LogP contribution in [0.5, 0.6) is 5.75 Å². The summed E-state index contributed by atoms with van der Waals surface area (Å²) in [6.45, 7) is 2.00. The Morgan fingerprint density at radius 1 is 1.50 bits per heavy atom. The molecule has 5 heteroatoms. The second-order valence-corrected chi connectivity index (χ2v) is 4.12. The maximum absolute atomic E-state index is 13.3. The zero-order chi connectivity index (χ0) is 13.1. The summed E-state index contributed by atoms with van der Waals surface area (Å²) >= 11 is 0. The zero-order valence-corrected chi connectivity index (χ0v) is 10.4. The topological polar surface area (TPSA) is 50.7 Å². The monoisotopic (exact) mass is 250 g/mol. The molecule has 4 nitrogen and oxygen atoms in total. The number of halogens is 1. The molecule has 1 amide bonds. The van der Waals surface area contributed by atoms with E-state index in [2.05, 4.69) is 10.3 Å². The average molecular weight is 250 g/mol. The van der Waals surface area contributed by atoms with Crippen molar-refractivity contribution in [3.05, 3.63) is 29.6 Å². The van der Waals surface area contributed by atoms with Gasteiger partial charge in [-0.15, -0.1) is 0 Å². The molecule has 0 spiro atoms. The molecular formula is C13H15FN2O2. The number of amides is 1. The number of carbonyl (C=O) groups excluding carboxylic acids is 1. The van der Waals surface area contributed by atoms with Gasteiger partial charge in [-0.1, -0.05) is 13.3 Å². The van der Waals surface area contributed by atoms with E-state index in [1.807, 2.05) is 6.92 Å². The Kier molecular flexibility index (Phi) is 3.60. The third-order valence-corrected chi connectivity index (χ3v) is 2.82. The zero-order valence-electron chi connectivity index (χ0n) is 10.4. The first-order valence-electron chi connectivity index (χ1n) is 5.88. The molecule has 1 atom stereocenters. The predicted octanol–water partition coefficient (Wildman–Crippen LogP) is 1.88. The first-order valence-corrected chi connectivity index (χ1v) is 5.88. The second kappa shape index (κ2) is 5.16. The van der Waals surface area contributed by atoms with E-state index in [9.17, 15) is 9.18 Å². The fraction of sp³-hybridized carbons (Fsp3) is 0.385. The highest BCUT2D eigenvalue weighted by atomic mass is 19.1. The van der Waals surface area contributed by atoms with Crippen molar-refractivity contribution in [3.8, 4) is 5.75 Å². The number of benzene rings is 1. The van der Waals surface area contributed by atoms with Crippen molar-refractivity contribution in [3.63, 3.8) is 0 Å². The molecule has 1 N–H and O–H groups in total. The Hall–Kier alpha value is -1.91. The van der Waals surface area contributed by atoms with Gasteiger partial charge in [-0.25, -0.2) is 4.39 Å². The number of hydrogen-bond acceptors (Lipinski definition) is 3. The van der Waals surface area contributed by atoms with Crippen LogP contribution in [0.1, 0.15) is 25.3 Å². The van der Waals surface area contributed by atoms with Gasteiger partial charge in [0.25, 0.3) is 0 Å². The van der Waals surface area contributed by atoms with Crippen molar-refractivity contribution in [2.45, 2.75) is 25.8 Å². The van der Waals surface area contributed by atoms with Crippen LogP contribution in [0.2, 0.25) is 0 Å². The Morgan fingerprint density at radius 3 is 2.94 bits per heavy atom. The number of nitrogens with one attached hydrogen (secondary N) is 1. The van der Waals surface area contributed by atoms with Crippen LogP contribution in [0.15, 0.2) is 23.2 Å². The number of carbonyl (C=O) groups is 1. The number of ether oxygens (including phenoxy) is 1. The fourth-order valence-electron chi connectivity index (χ4n) is 1.87. The van der Waals surface area contributed by atoms with Crippen molar-refractivity contribution in [2.75, 3.05) is 7.11 Å². The van der Waals surface area contributed by atoms with Crippen LogP contribution in [0.25, 0.3) is 0 Å². The van der Waals surface area contributed by atoms with E-state index in [4.69, 9.17) is 4.74 Å². The Labute approximate surface area is 105 Å². The Morgan fingerprint density at radius 2 is 2.28 bits per heavy atom. The Balaban J connectivity index is 2.27. The lowest BCUT2D eigenvalue weighted by Gasteiger charge is -2.05. The minimum absolute atomic E-state index is 0.102. The molecule has 1 aliphatic rings. The summed E-state index contributed by atoms with van der Waals surface area (Å²) < 4.78 is 18.2. The molecule has 96 valence electrons. The lowest BCUT2D eigenvalue weighted by molar-refractivity contribution is -0.120. The summed E-state index contributed by atoms with van der Waals surface area (Å²) in [5, 5.41) is 2.71. The Bertz CT molecular complexity index is 500. The largest absolute Gasteiger partial charge is 0.494 e. The number of methoxy groups -OCH3 is 1. The van der Waals surface area contributed by atoms with Crippen molar-refractivity contribution in [1.29, 1.82) is 0 Å². The number of aliphatic imine (C=N–C) groups is 1. The second-order valence-electron chi connectivity index (χ2n) is 4.12. The van der Waals surface area contributed by atoms with Gasteiger partial charge in [0.2, 0.25) is 5.91 Å².